The Morgan fingerprint density at radius 3 is 2.63 bits per heavy atom. The minimum atomic E-state index is -3.61. The van der Waals surface area contributed by atoms with Crippen LogP contribution in [-0.4, -0.2) is 25.5 Å². The van der Waals surface area contributed by atoms with Crippen LogP contribution in [0.2, 0.25) is 0 Å². The van der Waals surface area contributed by atoms with Gasteiger partial charge in [-0.15, -0.1) is 11.3 Å². The zero-order valence-electron chi connectivity index (χ0n) is 10.8. The van der Waals surface area contributed by atoms with Crippen LogP contribution in [0.25, 0.3) is 0 Å². The third-order valence-corrected chi connectivity index (χ3v) is 6.71. The average Bonchev–Trinajstić information content (AvgIpc) is 2.86. The van der Waals surface area contributed by atoms with Gasteiger partial charge in [0.15, 0.2) is 0 Å². The summed E-state index contributed by atoms with van der Waals surface area (Å²) in [4.78, 5) is 11.0. The third kappa shape index (κ3) is 2.98. The quantitative estimate of drug-likeness (QED) is 0.893. The van der Waals surface area contributed by atoms with Crippen molar-refractivity contribution < 1.29 is 18.3 Å². The molecule has 7 heteroatoms. The number of carbonyl (C=O) groups is 1. The normalized spacial score (nSPS) is 23.7. The lowest BCUT2D eigenvalue weighted by Gasteiger charge is -2.16. The first-order valence-corrected chi connectivity index (χ1v) is 8.47. The lowest BCUT2D eigenvalue weighted by molar-refractivity contribution is 0.0701. The van der Waals surface area contributed by atoms with Crippen LogP contribution in [0.15, 0.2) is 10.3 Å². The van der Waals surface area contributed by atoms with Gasteiger partial charge in [-0.3, -0.25) is 0 Å². The van der Waals surface area contributed by atoms with Gasteiger partial charge in [0.05, 0.1) is 0 Å². The fraction of sp³-hybridized carbons (Fsp3) is 0.583. The van der Waals surface area contributed by atoms with Crippen molar-refractivity contribution in [2.45, 2.75) is 43.4 Å². The van der Waals surface area contributed by atoms with Crippen LogP contribution in [-0.2, 0) is 10.0 Å². The van der Waals surface area contributed by atoms with E-state index in [2.05, 4.69) is 4.72 Å². The maximum absolute atomic E-state index is 12.2. The second-order valence-corrected chi connectivity index (χ2v) is 8.01. The standard InChI is InChI=1S/C12H17NO4S2/c1-7-4-3-5-9(7)13-19(16,17)10-6-8(2)11(18-10)12(14)15/h6-7,9,13H,3-5H2,1-2H3,(H,14,15). The summed E-state index contributed by atoms with van der Waals surface area (Å²) >= 11 is 0.809. The van der Waals surface area contributed by atoms with Crippen molar-refractivity contribution in [1.29, 1.82) is 0 Å². The van der Waals surface area contributed by atoms with Gasteiger partial charge in [-0.25, -0.2) is 17.9 Å². The van der Waals surface area contributed by atoms with Crippen LogP contribution in [0.4, 0.5) is 0 Å². The number of sulfonamides is 1. The second kappa shape index (κ2) is 5.22. The van der Waals surface area contributed by atoms with Crippen LogP contribution >= 0.6 is 11.3 Å². The van der Waals surface area contributed by atoms with Crippen molar-refractivity contribution in [3.8, 4) is 0 Å². The smallest absolute Gasteiger partial charge is 0.346 e. The number of aromatic carboxylic acids is 1. The maximum Gasteiger partial charge on any atom is 0.346 e. The summed E-state index contributed by atoms with van der Waals surface area (Å²) in [6, 6.07) is 1.39. The number of hydrogen-bond acceptors (Lipinski definition) is 4. The van der Waals surface area contributed by atoms with Gasteiger partial charge < -0.3 is 5.11 Å². The SMILES string of the molecule is Cc1cc(S(=O)(=O)NC2CCCC2C)sc1C(=O)O. The summed E-state index contributed by atoms with van der Waals surface area (Å²) in [5.74, 6) is -0.757. The lowest BCUT2D eigenvalue weighted by atomic mass is 10.1. The summed E-state index contributed by atoms with van der Waals surface area (Å²) in [5.41, 5.74) is 0.484. The molecule has 1 heterocycles. The second-order valence-electron chi connectivity index (χ2n) is 5.02. The van der Waals surface area contributed by atoms with Crippen LogP contribution < -0.4 is 4.72 Å². The molecular weight excluding hydrogens is 286 g/mol. The molecule has 0 radical (unpaired) electrons. The molecule has 0 bridgehead atoms. The van der Waals surface area contributed by atoms with Gasteiger partial charge in [0.2, 0.25) is 10.0 Å². The molecule has 106 valence electrons. The molecular formula is C12H17NO4S2. The number of aryl methyl sites for hydroxylation is 1. The molecule has 5 nitrogen and oxygen atoms in total. The van der Waals surface area contributed by atoms with Crippen molar-refractivity contribution in [2.75, 3.05) is 0 Å². The number of carboxylic acids is 1. The molecule has 2 rings (SSSR count). The summed E-state index contributed by atoms with van der Waals surface area (Å²) in [6.45, 7) is 3.64. The van der Waals surface area contributed by atoms with E-state index in [4.69, 9.17) is 5.11 Å². The van der Waals surface area contributed by atoms with Crippen LogP contribution in [0.1, 0.15) is 41.4 Å². The highest BCUT2D eigenvalue weighted by Gasteiger charge is 2.30. The molecule has 1 aliphatic rings. The fourth-order valence-corrected chi connectivity index (χ4v) is 5.15. The Bertz CT molecular complexity index is 591. The van der Waals surface area contributed by atoms with Crippen molar-refractivity contribution in [3.63, 3.8) is 0 Å². The maximum atomic E-state index is 12.2. The van der Waals surface area contributed by atoms with E-state index in [1.807, 2.05) is 6.92 Å². The van der Waals surface area contributed by atoms with Crippen molar-refractivity contribution in [1.82, 2.24) is 4.72 Å². The van der Waals surface area contributed by atoms with Gasteiger partial charge in [-0.05, 0) is 37.3 Å². The average molecular weight is 303 g/mol. The van der Waals surface area contributed by atoms with E-state index in [-0.39, 0.29) is 15.1 Å². The van der Waals surface area contributed by atoms with Gasteiger partial charge in [0, 0.05) is 6.04 Å². The Balaban J connectivity index is 2.24. The minimum absolute atomic E-state index is 0.0410. The van der Waals surface area contributed by atoms with Gasteiger partial charge in [0.25, 0.3) is 0 Å². The van der Waals surface area contributed by atoms with E-state index in [0.29, 0.717) is 11.5 Å². The van der Waals surface area contributed by atoms with Gasteiger partial charge in [0.1, 0.15) is 9.09 Å². The zero-order chi connectivity index (χ0) is 14.2. The Labute approximate surface area is 116 Å². The first kappa shape index (κ1) is 14.5. The van der Waals surface area contributed by atoms with E-state index < -0.39 is 16.0 Å². The Morgan fingerprint density at radius 1 is 1.47 bits per heavy atom. The summed E-state index contributed by atoms with van der Waals surface area (Å²) in [7, 11) is -3.61. The zero-order valence-corrected chi connectivity index (χ0v) is 12.5. The highest BCUT2D eigenvalue weighted by atomic mass is 32.2. The Kier molecular flexibility index (Phi) is 3.98. The molecule has 19 heavy (non-hydrogen) atoms. The summed E-state index contributed by atoms with van der Waals surface area (Å²) < 4.78 is 27.2. The lowest BCUT2D eigenvalue weighted by Crippen LogP contribution is -2.36. The molecule has 1 saturated carbocycles. The van der Waals surface area contributed by atoms with Crippen LogP contribution in [0, 0.1) is 12.8 Å². The molecule has 2 N–H and O–H groups in total. The predicted molar refractivity (Wildman–Crippen MR) is 73.1 cm³/mol. The number of thiophene rings is 1. The van der Waals surface area contributed by atoms with Gasteiger partial charge in [-0.1, -0.05) is 13.3 Å². The van der Waals surface area contributed by atoms with Gasteiger partial charge >= 0.3 is 5.97 Å². The topological polar surface area (TPSA) is 83.5 Å². The molecule has 2 unspecified atom stereocenters. The van der Waals surface area contributed by atoms with Crippen molar-refractivity contribution >= 4 is 27.3 Å². The molecule has 1 aromatic heterocycles. The highest BCUT2D eigenvalue weighted by molar-refractivity contribution is 7.91. The molecule has 1 fully saturated rings. The fourth-order valence-electron chi connectivity index (χ4n) is 2.38. The van der Waals surface area contributed by atoms with Crippen molar-refractivity contribution in [2.24, 2.45) is 5.92 Å². The first-order chi connectivity index (χ1) is 8.81. The van der Waals surface area contributed by atoms with E-state index in [1.165, 1.54) is 6.07 Å². The predicted octanol–water partition coefficient (Wildman–Crippen LogP) is 2.22. The molecule has 1 aromatic rings. The molecule has 0 aromatic carbocycles. The van der Waals surface area contributed by atoms with Gasteiger partial charge in [-0.2, -0.15) is 0 Å². The van der Waals surface area contributed by atoms with E-state index >= 15 is 0 Å². The largest absolute Gasteiger partial charge is 0.477 e. The van der Waals surface area contributed by atoms with Crippen LogP contribution in [0.3, 0.4) is 0 Å². The molecule has 0 amide bonds. The van der Waals surface area contributed by atoms with E-state index in [0.717, 1.165) is 30.6 Å². The summed E-state index contributed by atoms with van der Waals surface area (Å²) in [5, 5.41) is 8.97. The van der Waals surface area contributed by atoms with Crippen LogP contribution in [0.5, 0.6) is 0 Å². The molecule has 2 atom stereocenters. The number of hydrogen-bond donors (Lipinski definition) is 2. The minimum Gasteiger partial charge on any atom is -0.477 e. The van der Waals surface area contributed by atoms with E-state index in [9.17, 15) is 13.2 Å². The molecule has 0 spiro atoms. The molecule has 0 saturated heterocycles. The first-order valence-electron chi connectivity index (χ1n) is 6.17. The van der Waals surface area contributed by atoms with E-state index in [1.54, 1.807) is 6.92 Å². The van der Waals surface area contributed by atoms with Crippen molar-refractivity contribution in [3.05, 3.63) is 16.5 Å². The number of carboxylic acid groups (broad SMARTS) is 1. The Hall–Kier alpha value is -0.920. The molecule has 0 aliphatic heterocycles. The Morgan fingerprint density at radius 2 is 2.16 bits per heavy atom. The number of nitrogens with one attached hydrogen (secondary N) is 1. The number of rotatable bonds is 4. The summed E-state index contributed by atoms with van der Waals surface area (Å²) in [6.07, 6.45) is 2.89. The third-order valence-electron chi connectivity index (χ3n) is 3.52. The monoisotopic (exact) mass is 303 g/mol. The highest BCUT2D eigenvalue weighted by Crippen LogP contribution is 2.29. The molecule has 1 aliphatic carbocycles.